The van der Waals surface area contributed by atoms with Crippen LogP contribution in [-0.4, -0.2) is 48.6 Å². The van der Waals surface area contributed by atoms with Gasteiger partial charge in [-0.25, -0.2) is 15.0 Å². The Hall–Kier alpha value is -1.83. The van der Waals surface area contributed by atoms with E-state index in [0.717, 1.165) is 12.8 Å². The number of rotatable bonds is 3. The van der Waals surface area contributed by atoms with Crippen LogP contribution in [0.2, 0.25) is 0 Å². The molecule has 2 aromatic rings. The van der Waals surface area contributed by atoms with E-state index in [1.807, 2.05) is 4.90 Å². The molecular formula is C14H20N6OS. The molecule has 3 rings (SSSR count). The van der Waals surface area contributed by atoms with Gasteiger partial charge in [-0.3, -0.25) is 4.79 Å². The van der Waals surface area contributed by atoms with E-state index in [-0.39, 0.29) is 5.91 Å². The fourth-order valence-corrected chi connectivity index (χ4v) is 3.75. The average Bonchev–Trinajstić information content (AvgIpc) is 2.89. The summed E-state index contributed by atoms with van der Waals surface area (Å²) in [7, 11) is 0. The number of imidazole rings is 1. The summed E-state index contributed by atoms with van der Waals surface area (Å²) in [5.41, 5.74) is 6.92. The number of nitrogens with one attached hydrogen (secondary N) is 1. The fraction of sp³-hybridized carbons (Fsp3) is 0.571. The predicted molar refractivity (Wildman–Crippen MR) is 86.4 cm³/mol. The largest absolute Gasteiger partial charge is 0.382 e. The second-order valence-electron chi connectivity index (χ2n) is 5.72. The monoisotopic (exact) mass is 320 g/mol. The maximum Gasteiger partial charge on any atom is 0.233 e. The van der Waals surface area contributed by atoms with Crippen LogP contribution in [0.15, 0.2) is 11.5 Å². The van der Waals surface area contributed by atoms with Gasteiger partial charge in [0.1, 0.15) is 11.8 Å². The number of nitrogens with zero attached hydrogens (tertiary/aromatic N) is 4. The van der Waals surface area contributed by atoms with Crippen LogP contribution in [0.1, 0.15) is 33.1 Å². The maximum absolute atomic E-state index is 12.5. The van der Waals surface area contributed by atoms with Crippen molar-refractivity contribution in [1.82, 2.24) is 24.8 Å². The van der Waals surface area contributed by atoms with Crippen molar-refractivity contribution < 1.29 is 4.79 Å². The lowest BCUT2D eigenvalue weighted by Crippen LogP contribution is -2.48. The highest BCUT2D eigenvalue weighted by Gasteiger charge is 2.28. The highest BCUT2D eigenvalue weighted by Crippen LogP contribution is 2.25. The molecular weight excluding hydrogens is 300 g/mol. The zero-order valence-corrected chi connectivity index (χ0v) is 13.6. The second-order valence-corrected chi connectivity index (χ2v) is 6.68. The van der Waals surface area contributed by atoms with Crippen molar-refractivity contribution in [3.63, 3.8) is 0 Å². The molecule has 0 radical (unpaired) electrons. The first-order valence-electron chi connectivity index (χ1n) is 7.46. The molecule has 0 spiro atoms. The summed E-state index contributed by atoms with van der Waals surface area (Å²) in [5, 5.41) is 0.646. The molecule has 0 saturated carbocycles. The Morgan fingerprint density at radius 2 is 2.14 bits per heavy atom. The standard InChI is InChI=1S/C14H20N6OS/c1-8-4-3-5-9(2)20(8)10(21)6-22-14-18-11-12(15)16-7-17-13(11)19-14/h7-9H,3-6H2,1-2H3,(H3,15,16,17,18,19)/t8-,9+. The molecule has 3 heterocycles. The minimum Gasteiger partial charge on any atom is -0.382 e. The van der Waals surface area contributed by atoms with E-state index in [9.17, 15) is 4.79 Å². The normalized spacial score (nSPS) is 22.2. The van der Waals surface area contributed by atoms with Crippen LogP contribution >= 0.6 is 11.8 Å². The van der Waals surface area contributed by atoms with Crippen molar-refractivity contribution in [3.8, 4) is 0 Å². The van der Waals surface area contributed by atoms with Gasteiger partial charge in [0.25, 0.3) is 0 Å². The van der Waals surface area contributed by atoms with Crippen molar-refractivity contribution in [1.29, 1.82) is 0 Å². The van der Waals surface area contributed by atoms with Crippen molar-refractivity contribution in [2.45, 2.75) is 50.4 Å². The molecule has 118 valence electrons. The van der Waals surface area contributed by atoms with Gasteiger partial charge in [0.2, 0.25) is 5.91 Å². The smallest absolute Gasteiger partial charge is 0.233 e. The topological polar surface area (TPSA) is 101 Å². The Kier molecular flexibility index (Phi) is 4.19. The second kappa shape index (κ2) is 6.12. The number of hydrogen-bond acceptors (Lipinski definition) is 6. The number of carbonyl (C=O) groups is 1. The number of H-pyrrole nitrogens is 1. The van der Waals surface area contributed by atoms with Gasteiger partial charge in [-0.2, -0.15) is 0 Å². The number of amides is 1. The van der Waals surface area contributed by atoms with E-state index in [1.54, 1.807) is 0 Å². The van der Waals surface area contributed by atoms with Crippen LogP contribution < -0.4 is 5.73 Å². The number of thioether (sulfide) groups is 1. The molecule has 3 N–H and O–H groups in total. The van der Waals surface area contributed by atoms with E-state index in [4.69, 9.17) is 5.73 Å². The first-order chi connectivity index (χ1) is 10.6. The van der Waals surface area contributed by atoms with Gasteiger partial charge in [-0.05, 0) is 33.1 Å². The lowest BCUT2D eigenvalue weighted by molar-refractivity contribution is -0.134. The number of anilines is 1. The lowest BCUT2D eigenvalue weighted by Gasteiger charge is -2.39. The van der Waals surface area contributed by atoms with Crippen LogP contribution in [0.4, 0.5) is 5.82 Å². The third-order valence-corrected chi connectivity index (χ3v) is 4.97. The molecule has 1 saturated heterocycles. The molecule has 8 heteroatoms. The van der Waals surface area contributed by atoms with E-state index in [2.05, 4.69) is 33.8 Å². The minimum absolute atomic E-state index is 0.157. The number of hydrogen-bond donors (Lipinski definition) is 2. The molecule has 7 nitrogen and oxygen atoms in total. The van der Waals surface area contributed by atoms with Crippen LogP contribution in [0.5, 0.6) is 0 Å². The zero-order valence-electron chi connectivity index (χ0n) is 12.7. The number of aromatic nitrogens is 4. The van der Waals surface area contributed by atoms with Gasteiger partial charge in [-0.1, -0.05) is 11.8 Å². The summed E-state index contributed by atoms with van der Waals surface area (Å²) in [5.74, 6) is 0.889. The Morgan fingerprint density at radius 1 is 1.41 bits per heavy atom. The molecule has 0 bridgehead atoms. The molecule has 0 unspecified atom stereocenters. The SMILES string of the molecule is C[C@@H]1CCC[C@H](C)N1C(=O)CSc1nc2ncnc(N)c2[nH]1. The fourth-order valence-electron chi connectivity index (χ4n) is 3.01. The van der Waals surface area contributed by atoms with Crippen LogP contribution in [0, 0.1) is 0 Å². The van der Waals surface area contributed by atoms with Gasteiger partial charge >= 0.3 is 0 Å². The van der Waals surface area contributed by atoms with E-state index < -0.39 is 0 Å². The van der Waals surface area contributed by atoms with Crippen molar-refractivity contribution in [2.75, 3.05) is 11.5 Å². The van der Waals surface area contributed by atoms with Gasteiger partial charge in [0, 0.05) is 12.1 Å². The van der Waals surface area contributed by atoms with Gasteiger partial charge < -0.3 is 15.6 Å². The molecule has 1 aliphatic rings. The summed E-state index contributed by atoms with van der Waals surface area (Å²) in [6, 6.07) is 0.628. The Labute approximate surface area is 133 Å². The number of carbonyl (C=O) groups excluding carboxylic acids is 1. The number of nitrogens with two attached hydrogens (primary N) is 1. The summed E-state index contributed by atoms with van der Waals surface area (Å²) in [6.45, 7) is 4.24. The number of aromatic amines is 1. The van der Waals surface area contributed by atoms with Crippen LogP contribution in [0.25, 0.3) is 11.2 Å². The first-order valence-corrected chi connectivity index (χ1v) is 8.45. The molecule has 2 atom stereocenters. The Balaban J connectivity index is 1.68. The van der Waals surface area contributed by atoms with E-state index >= 15 is 0 Å². The van der Waals surface area contributed by atoms with Gasteiger partial charge in [0.15, 0.2) is 16.6 Å². The molecule has 1 aliphatic heterocycles. The summed E-state index contributed by atoms with van der Waals surface area (Å²) >= 11 is 1.38. The minimum atomic E-state index is 0.157. The highest BCUT2D eigenvalue weighted by molar-refractivity contribution is 7.99. The van der Waals surface area contributed by atoms with Gasteiger partial charge in [-0.15, -0.1) is 0 Å². The highest BCUT2D eigenvalue weighted by atomic mass is 32.2. The quantitative estimate of drug-likeness (QED) is 0.837. The molecule has 2 aromatic heterocycles. The number of nitrogen functional groups attached to an aromatic ring is 1. The number of likely N-dealkylation sites (tertiary alicyclic amines) is 1. The summed E-state index contributed by atoms with van der Waals surface area (Å²) < 4.78 is 0. The van der Waals surface area contributed by atoms with E-state index in [1.165, 1.54) is 24.5 Å². The van der Waals surface area contributed by atoms with Crippen LogP contribution in [0.3, 0.4) is 0 Å². The number of fused-ring (bicyclic) bond motifs is 1. The summed E-state index contributed by atoms with van der Waals surface area (Å²) in [6.07, 6.45) is 4.74. The summed E-state index contributed by atoms with van der Waals surface area (Å²) in [4.78, 5) is 29.9. The zero-order chi connectivity index (χ0) is 15.7. The maximum atomic E-state index is 12.5. The van der Waals surface area contributed by atoms with Gasteiger partial charge in [0.05, 0.1) is 5.75 Å². The molecule has 22 heavy (non-hydrogen) atoms. The molecule has 0 aliphatic carbocycles. The predicted octanol–water partition coefficient (Wildman–Crippen LogP) is 1.82. The molecule has 1 fully saturated rings. The third-order valence-electron chi connectivity index (χ3n) is 4.11. The van der Waals surface area contributed by atoms with Crippen molar-refractivity contribution in [2.24, 2.45) is 0 Å². The van der Waals surface area contributed by atoms with Crippen molar-refractivity contribution >= 4 is 34.7 Å². The lowest BCUT2D eigenvalue weighted by atomic mass is 9.98. The molecule has 0 aromatic carbocycles. The third kappa shape index (κ3) is 2.87. The average molecular weight is 320 g/mol. The molecule has 1 amide bonds. The van der Waals surface area contributed by atoms with Crippen LogP contribution in [-0.2, 0) is 4.79 Å². The first kappa shape index (κ1) is 15.1. The van der Waals surface area contributed by atoms with Crippen molar-refractivity contribution in [3.05, 3.63) is 6.33 Å². The number of piperidine rings is 1. The Morgan fingerprint density at radius 3 is 2.82 bits per heavy atom. The van der Waals surface area contributed by atoms with E-state index in [0.29, 0.717) is 40.0 Å². The Bertz CT molecular complexity index is 677.